The molecule has 0 atom stereocenters. The molecule has 2 aliphatic heterocycles. The molecule has 1 nitrogen and oxygen atoms in total. The van der Waals surface area contributed by atoms with Gasteiger partial charge in [0.05, 0.1) is 19.6 Å². The van der Waals surface area contributed by atoms with E-state index in [1.54, 1.807) is 71.4 Å². The van der Waals surface area contributed by atoms with Crippen LogP contribution in [-0.4, -0.2) is 19.0 Å². The van der Waals surface area contributed by atoms with Crippen LogP contribution in [-0.2, 0) is 12.4 Å². The molecule has 0 unspecified atom stereocenters. The van der Waals surface area contributed by atoms with Crippen molar-refractivity contribution in [1.82, 2.24) is 4.90 Å². The Morgan fingerprint density at radius 1 is 0.576 bits per heavy atom. The molecule has 0 aliphatic carbocycles. The van der Waals surface area contributed by atoms with Crippen LogP contribution in [0.15, 0.2) is 188 Å². The molecule has 2 heterocycles. The zero-order valence-corrected chi connectivity index (χ0v) is 38.1. The lowest BCUT2D eigenvalue weighted by Crippen LogP contribution is -2.07. The molecule has 0 amide bonds. The Morgan fingerprint density at radius 3 is 1.24 bits per heavy atom. The van der Waals surface area contributed by atoms with Gasteiger partial charge in [0.2, 0.25) is 0 Å². The van der Waals surface area contributed by atoms with Crippen molar-refractivity contribution in [3.8, 4) is 0 Å². The van der Waals surface area contributed by atoms with Crippen LogP contribution in [0.1, 0.15) is 63.3 Å². The molecule has 0 saturated carbocycles. The van der Waals surface area contributed by atoms with E-state index < -0.39 is 23.5 Å². The first-order valence-electron chi connectivity index (χ1n) is 18.4. The molecule has 0 radical (unpaired) electrons. The number of hydrogen-bond acceptors (Lipinski definition) is 5. The maximum absolute atomic E-state index is 12.7. The lowest BCUT2D eigenvalue weighted by Gasteiger charge is -2.10. The minimum Gasteiger partial charge on any atom is -0.378 e. The van der Waals surface area contributed by atoms with Gasteiger partial charge in [-0.25, -0.2) is 0 Å². The van der Waals surface area contributed by atoms with Gasteiger partial charge in [-0.1, -0.05) is 194 Å². The van der Waals surface area contributed by atoms with Crippen molar-refractivity contribution in [3.63, 3.8) is 0 Å². The Balaban J connectivity index is 0.00000111. The summed E-state index contributed by atoms with van der Waals surface area (Å²) < 4.78 is 78.2. The number of allylic oxidation sites excluding steroid dienone is 11. The molecule has 2 aromatic carbocycles. The maximum atomic E-state index is 12.7. The van der Waals surface area contributed by atoms with Crippen molar-refractivity contribution >= 4 is 59.2 Å². The summed E-state index contributed by atoms with van der Waals surface area (Å²) in [6.07, 6.45) is 10.7. The van der Waals surface area contributed by atoms with Crippen LogP contribution in [0.2, 0.25) is 0 Å². The number of rotatable bonds is 12. The molecule has 4 rings (SSSR count). The van der Waals surface area contributed by atoms with Crippen LogP contribution in [0, 0.1) is 0 Å². The molecule has 2 aromatic rings. The van der Waals surface area contributed by atoms with Crippen LogP contribution >= 0.6 is 47.0 Å². The fourth-order valence-electron chi connectivity index (χ4n) is 3.61. The van der Waals surface area contributed by atoms with Gasteiger partial charge in [0.15, 0.2) is 0 Å². The molecular weight excluding hydrogens is 833 g/mol. The monoisotopic (exact) mass is 887 g/mol. The Labute approximate surface area is 366 Å². The van der Waals surface area contributed by atoms with E-state index in [4.69, 9.17) is 0 Å². The Hall–Kier alpha value is -4.16. The molecule has 0 fully saturated rings. The summed E-state index contributed by atoms with van der Waals surface area (Å²) in [7, 11) is 3.90. The summed E-state index contributed by atoms with van der Waals surface area (Å²) in [6.45, 7) is 32.4. The maximum Gasteiger partial charge on any atom is 0.416 e. The second-order valence-corrected chi connectivity index (χ2v) is 16.0. The van der Waals surface area contributed by atoms with E-state index in [9.17, 15) is 26.3 Å². The minimum absolute atomic E-state index is 0.673. The Bertz CT molecular complexity index is 1820. The van der Waals surface area contributed by atoms with Gasteiger partial charge in [0, 0.05) is 29.6 Å². The molecule has 59 heavy (non-hydrogen) atoms. The first-order chi connectivity index (χ1) is 27.9. The number of likely N-dealkylation sites (N-methyl/N-ethyl adjacent to an activating group) is 1. The quantitative estimate of drug-likeness (QED) is 0.154. The van der Waals surface area contributed by atoms with Crippen LogP contribution < -0.4 is 0 Å². The minimum atomic E-state index is -4.35. The lowest BCUT2D eigenvalue weighted by molar-refractivity contribution is -0.138. The summed E-state index contributed by atoms with van der Waals surface area (Å²) in [5.41, 5.74) is 3.91. The first-order valence-corrected chi connectivity index (χ1v) is 21.8. The number of benzene rings is 2. The number of halogens is 6. The van der Waals surface area contributed by atoms with Gasteiger partial charge >= 0.3 is 12.4 Å². The van der Waals surface area contributed by atoms with E-state index in [0.717, 1.165) is 71.4 Å². The van der Waals surface area contributed by atoms with E-state index in [1.807, 2.05) is 94.0 Å². The van der Waals surface area contributed by atoms with Gasteiger partial charge < -0.3 is 4.90 Å². The van der Waals surface area contributed by atoms with Gasteiger partial charge in [0.25, 0.3) is 0 Å². The molecule has 0 bridgehead atoms. The summed E-state index contributed by atoms with van der Waals surface area (Å²) in [5.74, 6) is 0. The van der Waals surface area contributed by atoms with Crippen molar-refractivity contribution in [1.29, 1.82) is 0 Å². The molecule has 0 saturated heterocycles. The largest absolute Gasteiger partial charge is 0.416 e. The third kappa shape index (κ3) is 22.7. The van der Waals surface area contributed by atoms with Gasteiger partial charge in [-0.05, 0) is 82.0 Å². The Kier molecular flexibility index (Phi) is 27.1. The summed E-state index contributed by atoms with van der Waals surface area (Å²) >= 11 is 6.34. The van der Waals surface area contributed by atoms with Crippen LogP contribution in [0.4, 0.5) is 26.3 Å². The fourth-order valence-corrected chi connectivity index (χ4v) is 8.28. The van der Waals surface area contributed by atoms with E-state index in [0.29, 0.717) is 11.1 Å². The predicted octanol–water partition coefficient (Wildman–Crippen LogP) is 17.9. The smallest absolute Gasteiger partial charge is 0.378 e. The van der Waals surface area contributed by atoms with Crippen molar-refractivity contribution < 1.29 is 26.3 Å². The topological polar surface area (TPSA) is 3.24 Å². The summed E-state index contributed by atoms with van der Waals surface area (Å²) in [4.78, 5) is 3.91. The second kappa shape index (κ2) is 29.1. The molecular formula is C48H55F6NS4. The molecule has 0 aromatic heterocycles. The number of nitrogens with zero attached hydrogens (tertiary/aromatic N) is 1. The van der Waals surface area contributed by atoms with Gasteiger partial charge in [-0.15, -0.1) is 0 Å². The average molecular weight is 888 g/mol. The van der Waals surface area contributed by atoms with Gasteiger partial charge in [0.1, 0.15) is 0 Å². The standard InChI is InChI=1S/C24H14F6S4.C10H15N.C10H14.2C2H6/c25-23(26,27)17-7-1-15(2-8-17)5-11-19-13-31-21(33-19)22-32-14-20(34-22)12-6-16-3-9-18(10-4-16)24(28,29)30;1-6-9(2)7-8-10(3)11(4)5;1-5-9(3)7-8-10(4)6-2;2*1-2/h1-14H;6-8H,1-3H2,4-5H3;5,7-8H,1,3-4,6H2,2H3;2*1-2H3/b11-5+,12-6+,22-21+;2*8-7-;;. The zero-order valence-electron chi connectivity index (χ0n) is 34.8. The predicted molar refractivity (Wildman–Crippen MR) is 256 cm³/mol. The highest BCUT2D eigenvalue weighted by atomic mass is 32.2. The SMILES string of the molecule is C=CC(=C)/C=C\C(=C)CC.C=CC(=C)/C=C\C(=C)N(C)C.CC.CC.FC(F)(F)c1ccc(/C=C/C2=CS/C(=C3/SC=C(/C=C/c4ccc(C(F)(F)F)cc4)S3)S2)cc1. The first kappa shape index (κ1) is 54.8. The highest BCUT2D eigenvalue weighted by Gasteiger charge is 2.30. The summed E-state index contributed by atoms with van der Waals surface area (Å²) in [6, 6.07) is 10.0. The van der Waals surface area contributed by atoms with E-state index in [-0.39, 0.29) is 0 Å². The van der Waals surface area contributed by atoms with E-state index in [2.05, 4.69) is 46.4 Å². The van der Waals surface area contributed by atoms with E-state index in [1.165, 1.54) is 24.3 Å². The van der Waals surface area contributed by atoms with Crippen LogP contribution in [0.5, 0.6) is 0 Å². The molecule has 318 valence electrons. The van der Waals surface area contributed by atoms with Crippen molar-refractivity contribution in [2.75, 3.05) is 14.1 Å². The summed E-state index contributed by atoms with van der Waals surface area (Å²) in [5, 5.41) is 3.98. The number of hydrogen-bond donors (Lipinski definition) is 0. The normalized spacial score (nSPS) is 14.8. The van der Waals surface area contributed by atoms with Gasteiger partial charge in [-0.2, -0.15) is 26.3 Å². The van der Waals surface area contributed by atoms with Crippen molar-refractivity contribution in [3.05, 3.63) is 210 Å². The average Bonchev–Trinajstić information content (AvgIpc) is 3.92. The highest BCUT2D eigenvalue weighted by Crippen LogP contribution is 2.55. The Morgan fingerprint density at radius 2 is 0.932 bits per heavy atom. The molecule has 0 N–H and O–H groups in total. The highest BCUT2D eigenvalue weighted by molar-refractivity contribution is 8.33. The second-order valence-electron chi connectivity index (χ2n) is 11.6. The molecule has 11 heteroatoms. The zero-order chi connectivity index (χ0) is 45.2. The van der Waals surface area contributed by atoms with Crippen LogP contribution in [0.3, 0.4) is 0 Å². The third-order valence-corrected chi connectivity index (χ3v) is 12.3. The van der Waals surface area contributed by atoms with E-state index >= 15 is 0 Å². The number of alkyl halides is 6. The van der Waals surface area contributed by atoms with Crippen LogP contribution in [0.25, 0.3) is 12.2 Å². The molecule has 2 aliphatic rings. The number of thioether (sulfide) groups is 4. The third-order valence-electron chi connectivity index (χ3n) is 7.08. The van der Waals surface area contributed by atoms with Crippen molar-refractivity contribution in [2.45, 2.75) is 53.4 Å². The van der Waals surface area contributed by atoms with Crippen molar-refractivity contribution in [2.24, 2.45) is 0 Å². The fraction of sp³-hybridized carbons (Fsp3) is 0.208. The lowest BCUT2D eigenvalue weighted by atomic mass is 10.1. The molecule has 0 spiro atoms. The van der Waals surface area contributed by atoms with Gasteiger partial charge in [-0.3, -0.25) is 0 Å².